The third-order valence-corrected chi connectivity index (χ3v) is 3.60. The van der Waals surface area contributed by atoms with Crippen LogP contribution >= 0.6 is 0 Å². The predicted molar refractivity (Wildman–Crippen MR) is 97.2 cm³/mol. The Morgan fingerprint density at radius 1 is 1.25 bits per heavy atom. The summed E-state index contributed by atoms with van der Waals surface area (Å²) >= 11 is 0. The van der Waals surface area contributed by atoms with Gasteiger partial charge in [0.05, 0.1) is 20.2 Å². The summed E-state index contributed by atoms with van der Waals surface area (Å²) in [5.41, 5.74) is 0.757. The van der Waals surface area contributed by atoms with Crippen LogP contribution in [0.15, 0.2) is 29.5 Å². The molecule has 0 radical (unpaired) electrons. The maximum Gasteiger partial charge on any atom is 0.422 e. The zero-order valence-electron chi connectivity index (χ0n) is 15.9. The number of benzene rings is 1. The number of nitrogens with one attached hydrogen (secondary N) is 2. The normalized spacial score (nSPS) is 12.0. The van der Waals surface area contributed by atoms with Gasteiger partial charge in [0.2, 0.25) is 0 Å². The van der Waals surface area contributed by atoms with Crippen molar-refractivity contribution in [1.82, 2.24) is 25.4 Å². The molecule has 8 nitrogen and oxygen atoms in total. The highest BCUT2D eigenvalue weighted by Crippen LogP contribution is 2.30. The number of hydrogen-bond donors (Lipinski definition) is 2. The molecular formula is C17H23F3N6O2. The third kappa shape index (κ3) is 6.63. The van der Waals surface area contributed by atoms with E-state index in [2.05, 4.69) is 25.7 Å². The standard InChI is InChI=1S/C17H23F3N6O2/c1-4-21-16(23-9-15-24-11-25-26(15)2)22-8-12-5-6-13(14(7-12)27-3)28-10-17(18,19)20/h5-7,11H,4,8-10H2,1-3H3,(H2,21,22,23). The van der Waals surface area contributed by atoms with Crippen LogP contribution in [0.1, 0.15) is 18.3 Å². The van der Waals surface area contributed by atoms with Gasteiger partial charge in [-0.15, -0.1) is 0 Å². The summed E-state index contributed by atoms with van der Waals surface area (Å²) in [6.07, 6.45) is -2.95. The van der Waals surface area contributed by atoms with Crippen LogP contribution < -0.4 is 20.1 Å². The van der Waals surface area contributed by atoms with Crippen molar-refractivity contribution in [2.75, 3.05) is 20.3 Å². The van der Waals surface area contributed by atoms with E-state index in [0.29, 0.717) is 25.6 Å². The first kappa shape index (κ1) is 21.3. The lowest BCUT2D eigenvalue weighted by Crippen LogP contribution is -2.37. The van der Waals surface area contributed by atoms with Gasteiger partial charge in [-0.25, -0.2) is 9.98 Å². The Bertz CT molecular complexity index is 791. The Morgan fingerprint density at radius 3 is 2.64 bits per heavy atom. The lowest BCUT2D eigenvalue weighted by molar-refractivity contribution is -0.153. The van der Waals surface area contributed by atoms with Gasteiger partial charge in [-0.2, -0.15) is 18.3 Å². The smallest absolute Gasteiger partial charge is 0.422 e. The minimum absolute atomic E-state index is 0.0277. The van der Waals surface area contributed by atoms with E-state index in [1.165, 1.54) is 19.5 Å². The molecule has 0 atom stereocenters. The maximum absolute atomic E-state index is 12.3. The van der Waals surface area contributed by atoms with E-state index in [1.54, 1.807) is 23.9 Å². The van der Waals surface area contributed by atoms with Crippen molar-refractivity contribution < 1.29 is 22.6 Å². The van der Waals surface area contributed by atoms with E-state index in [-0.39, 0.29) is 11.5 Å². The molecule has 1 heterocycles. The van der Waals surface area contributed by atoms with Gasteiger partial charge in [-0.3, -0.25) is 4.68 Å². The first-order valence-electron chi connectivity index (χ1n) is 8.54. The summed E-state index contributed by atoms with van der Waals surface area (Å²) in [4.78, 5) is 8.59. The highest BCUT2D eigenvalue weighted by Gasteiger charge is 2.29. The van der Waals surface area contributed by atoms with Crippen LogP contribution in [0.25, 0.3) is 0 Å². The van der Waals surface area contributed by atoms with Gasteiger partial charge in [0.25, 0.3) is 0 Å². The lowest BCUT2D eigenvalue weighted by Gasteiger charge is -2.14. The van der Waals surface area contributed by atoms with Crippen molar-refractivity contribution in [3.8, 4) is 11.5 Å². The van der Waals surface area contributed by atoms with Crippen LogP contribution in [0.4, 0.5) is 13.2 Å². The summed E-state index contributed by atoms with van der Waals surface area (Å²) in [5.74, 6) is 1.56. The average Bonchev–Trinajstić information content (AvgIpc) is 3.06. The zero-order chi connectivity index (χ0) is 20.6. The van der Waals surface area contributed by atoms with Crippen LogP contribution in [0.3, 0.4) is 0 Å². The Kier molecular flexibility index (Phi) is 7.47. The van der Waals surface area contributed by atoms with E-state index in [0.717, 1.165) is 11.4 Å². The molecule has 1 aromatic heterocycles. The Balaban J connectivity index is 2.03. The molecule has 11 heteroatoms. The van der Waals surface area contributed by atoms with E-state index in [4.69, 9.17) is 9.47 Å². The van der Waals surface area contributed by atoms with Crippen molar-refractivity contribution >= 4 is 5.96 Å². The van der Waals surface area contributed by atoms with Gasteiger partial charge in [-0.05, 0) is 24.6 Å². The number of aryl methyl sites for hydroxylation is 1. The Labute approximate surface area is 160 Å². The molecule has 0 aliphatic rings. The molecule has 2 aromatic rings. The number of guanidine groups is 1. The molecule has 0 bridgehead atoms. The monoisotopic (exact) mass is 400 g/mol. The molecule has 0 aliphatic heterocycles. The number of aliphatic imine (C=N–C) groups is 1. The van der Waals surface area contributed by atoms with Crippen LogP contribution in [0, 0.1) is 0 Å². The fourth-order valence-electron chi connectivity index (χ4n) is 2.24. The fraction of sp³-hybridized carbons (Fsp3) is 0.471. The molecule has 2 N–H and O–H groups in total. The van der Waals surface area contributed by atoms with Gasteiger partial charge in [-0.1, -0.05) is 6.07 Å². The van der Waals surface area contributed by atoms with E-state index in [1.807, 2.05) is 6.92 Å². The summed E-state index contributed by atoms with van der Waals surface area (Å²) in [7, 11) is 3.16. The molecule has 0 saturated carbocycles. The van der Waals surface area contributed by atoms with Crippen LogP contribution in [0.5, 0.6) is 11.5 Å². The number of halogens is 3. The molecule has 154 valence electrons. The SMILES string of the molecule is CCNC(=NCc1ccc(OCC(F)(F)F)c(OC)c1)NCc1ncnn1C. The van der Waals surface area contributed by atoms with E-state index < -0.39 is 12.8 Å². The number of alkyl halides is 3. The van der Waals surface area contributed by atoms with Crippen molar-refractivity contribution in [1.29, 1.82) is 0 Å². The second-order valence-electron chi connectivity index (χ2n) is 5.74. The Hall–Kier alpha value is -2.98. The van der Waals surface area contributed by atoms with E-state index in [9.17, 15) is 13.2 Å². The van der Waals surface area contributed by atoms with Crippen molar-refractivity contribution in [3.05, 3.63) is 35.9 Å². The minimum Gasteiger partial charge on any atom is -0.493 e. The number of methoxy groups -OCH3 is 1. The summed E-state index contributed by atoms with van der Waals surface area (Å²) in [6.45, 7) is 1.96. The number of aromatic nitrogens is 3. The lowest BCUT2D eigenvalue weighted by atomic mass is 10.2. The molecule has 0 amide bonds. The molecule has 1 aromatic carbocycles. The van der Waals surface area contributed by atoms with Crippen molar-refractivity contribution in [3.63, 3.8) is 0 Å². The van der Waals surface area contributed by atoms with Gasteiger partial charge in [0.1, 0.15) is 12.2 Å². The van der Waals surface area contributed by atoms with Gasteiger partial charge < -0.3 is 20.1 Å². The van der Waals surface area contributed by atoms with Crippen LogP contribution in [-0.2, 0) is 20.1 Å². The van der Waals surface area contributed by atoms with Crippen molar-refractivity contribution in [2.45, 2.75) is 26.2 Å². The molecule has 0 unspecified atom stereocenters. The molecule has 28 heavy (non-hydrogen) atoms. The van der Waals surface area contributed by atoms with Gasteiger partial charge in [0.15, 0.2) is 24.1 Å². The van der Waals surface area contributed by atoms with Gasteiger partial charge >= 0.3 is 6.18 Å². The minimum atomic E-state index is -4.41. The third-order valence-electron chi connectivity index (χ3n) is 3.60. The van der Waals surface area contributed by atoms with E-state index >= 15 is 0 Å². The second kappa shape index (κ2) is 9.81. The number of ether oxygens (including phenoxy) is 2. The molecule has 0 fully saturated rings. The van der Waals surface area contributed by atoms with Crippen LogP contribution in [-0.4, -0.2) is 47.2 Å². The predicted octanol–water partition coefficient (Wildman–Crippen LogP) is 2.02. The topological polar surface area (TPSA) is 85.6 Å². The summed E-state index contributed by atoms with van der Waals surface area (Å²) in [5, 5.41) is 10.3. The molecule has 0 aliphatic carbocycles. The first-order valence-corrected chi connectivity index (χ1v) is 8.54. The highest BCUT2D eigenvalue weighted by molar-refractivity contribution is 5.79. The summed E-state index contributed by atoms with van der Waals surface area (Å²) < 4.78 is 48.5. The van der Waals surface area contributed by atoms with Gasteiger partial charge in [0, 0.05) is 13.6 Å². The first-order chi connectivity index (χ1) is 13.3. The number of nitrogens with zero attached hydrogens (tertiary/aromatic N) is 4. The largest absolute Gasteiger partial charge is 0.493 e. The number of hydrogen-bond acceptors (Lipinski definition) is 5. The quantitative estimate of drug-likeness (QED) is 0.521. The number of rotatable bonds is 8. The maximum atomic E-state index is 12.3. The Morgan fingerprint density at radius 2 is 2.04 bits per heavy atom. The molecule has 0 spiro atoms. The van der Waals surface area contributed by atoms with Crippen molar-refractivity contribution in [2.24, 2.45) is 12.0 Å². The second-order valence-corrected chi connectivity index (χ2v) is 5.74. The molecule has 0 saturated heterocycles. The fourth-order valence-corrected chi connectivity index (χ4v) is 2.24. The summed E-state index contributed by atoms with van der Waals surface area (Å²) in [6, 6.07) is 4.68. The van der Waals surface area contributed by atoms with Crippen LogP contribution in [0.2, 0.25) is 0 Å². The molecular weight excluding hydrogens is 377 g/mol. The average molecular weight is 400 g/mol. The molecule has 2 rings (SSSR count). The highest BCUT2D eigenvalue weighted by atomic mass is 19.4. The zero-order valence-corrected chi connectivity index (χ0v) is 15.9.